The number of nitrogens with zero attached hydrogens (tertiary/aromatic N) is 1. The summed E-state index contributed by atoms with van der Waals surface area (Å²) in [5.41, 5.74) is 5.90. The van der Waals surface area contributed by atoms with E-state index in [1.54, 1.807) is 22.6 Å². The summed E-state index contributed by atoms with van der Waals surface area (Å²) in [5, 5.41) is 0. The largest absolute Gasteiger partial charge is 0.574 e. The Kier molecular flexibility index (Phi) is 4.19. The van der Waals surface area contributed by atoms with Crippen LogP contribution in [0.1, 0.15) is 5.56 Å². The van der Waals surface area contributed by atoms with Gasteiger partial charge in [-0.15, -0.1) is 13.2 Å². The second kappa shape index (κ2) is 5.04. The van der Waals surface area contributed by atoms with Gasteiger partial charge >= 0.3 is 6.36 Å². The van der Waals surface area contributed by atoms with E-state index in [1.807, 2.05) is 0 Å². The predicted molar refractivity (Wildman–Crippen MR) is 58.1 cm³/mol. The van der Waals surface area contributed by atoms with Gasteiger partial charge in [0.2, 0.25) is 11.8 Å². The van der Waals surface area contributed by atoms with Crippen molar-refractivity contribution in [2.24, 2.45) is 5.73 Å². The number of pyridine rings is 1. The molecule has 0 amide bonds. The molecule has 0 radical (unpaired) electrons. The minimum Gasteiger partial charge on any atom is -0.481 e. The third-order valence-corrected chi connectivity index (χ3v) is 2.38. The second-order valence-corrected chi connectivity index (χ2v) is 3.86. The highest BCUT2D eigenvalue weighted by molar-refractivity contribution is 14.1. The van der Waals surface area contributed by atoms with Crippen molar-refractivity contribution in [2.45, 2.75) is 12.9 Å². The highest BCUT2D eigenvalue weighted by Crippen LogP contribution is 2.29. The van der Waals surface area contributed by atoms with E-state index < -0.39 is 12.2 Å². The van der Waals surface area contributed by atoms with Crippen molar-refractivity contribution in [2.75, 3.05) is 7.11 Å². The molecule has 1 aromatic heterocycles. The molecule has 0 saturated heterocycles. The molecule has 0 spiro atoms. The maximum absolute atomic E-state index is 12.0. The number of hydrogen-bond acceptors (Lipinski definition) is 4. The summed E-state index contributed by atoms with van der Waals surface area (Å²) in [7, 11) is 1.30. The first-order chi connectivity index (χ1) is 7.37. The van der Waals surface area contributed by atoms with Crippen LogP contribution in [0.15, 0.2) is 6.07 Å². The van der Waals surface area contributed by atoms with E-state index in [1.165, 1.54) is 13.2 Å². The minimum absolute atomic E-state index is 0.0298. The Morgan fingerprint density at radius 3 is 2.50 bits per heavy atom. The Balaban J connectivity index is 3.11. The van der Waals surface area contributed by atoms with Crippen molar-refractivity contribution < 1.29 is 22.6 Å². The fourth-order valence-corrected chi connectivity index (χ4v) is 1.60. The number of rotatable bonds is 3. The van der Waals surface area contributed by atoms with Gasteiger partial charge in [0, 0.05) is 12.1 Å². The Hall–Kier alpha value is -0.770. The molecule has 0 atom stereocenters. The van der Waals surface area contributed by atoms with Gasteiger partial charge < -0.3 is 15.2 Å². The maximum Gasteiger partial charge on any atom is 0.574 e. The summed E-state index contributed by atoms with van der Waals surface area (Å²) in [6, 6.07) is 1.44. The number of alkyl halides is 3. The van der Waals surface area contributed by atoms with E-state index in [-0.39, 0.29) is 16.0 Å². The van der Waals surface area contributed by atoms with Gasteiger partial charge in [-0.25, -0.2) is 0 Å². The van der Waals surface area contributed by atoms with E-state index in [4.69, 9.17) is 10.5 Å². The number of methoxy groups -OCH3 is 1. The summed E-state index contributed by atoms with van der Waals surface area (Å²) in [5.74, 6) is -0.510. The maximum atomic E-state index is 12.0. The van der Waals surface area contributed by atoms with Crippen molar-refractivity contribution in [3.05, 3.63) is 15.2 Å². The summed E-state index contributed by atoms with van der Waals surface area (Å²) in [6.45, 7) is 0.123. The molecule has 90 valence electrons. The van der Waals surface area contributed by atoms with Gasteiger partial charge in [-0.1, -0.05) is 0 Å². The van der Waals surface area contributed by atoms with E-state index in [2.05, 4.69) is 9.72 Å². The molecule has 1 aromatic rings. The van der Waals surface area contributed by atoms with Crippen LogP contribution in [0.3, 0.4) is 0 Å². The van der Waals surface area contributed by atoms with Crippen molar-refractivity contribution in [3.8, 4) is 11.8 Å². The molecule has 8 heteroatoms. The fourth-order valence-electron chi connectivity index (χ4n) is 0.998. The Morgan fingerprint density at radius 2 is 2.06 bits per heavy atom. The topological polar surface area (TPSA) is 57.4 Å². The van der Waals surface area contributed by atoms with Crippen LogP contribution in [-0.2, 0) is 6.54 Å². The first-order valence-electron chi connectivity index (χ1n) is 4.06. The van der Waals surface area contributed by atoms with Crippen LogP contribution in [0, 0.1) is 3.57 Å². The van der Waals surface area contributed by atoms with Crippen molar-refractivity contribution in [3.63, 3.8) is 0 Å². The number of nitrogens with two attached hydrogens (primary N) is 1. The number of ether oxygens (including phenoxy) is 2. The van der Waals surface area contributed by atoms with Gasteiger partial charge in [-0.2, -0.15) is 4.98 Å². The van der Waals surface area contributed by atoms with Crippen molar-refractivity contribution in [1.82, 2.24) is 4.98 Å². The van der Waals surface area contributed by atoms with Gasteiger partial charge in [0.05, 0.1) is 10.7 Å². The zero-order valence-electron chi connectivity index (χ0n) is 8.14. The van der Waals surface area contributed by atoms with E-state index in [0.29, 0.717) is 5.56 Å². The molecule has 0 saturated carbocycles. The first kappa shape index (κ1) is 13.3. The van der Waals surface area contributed by atoms with Gasteiger partial charge in [0.25, 0.3) is 0 Å². The lowest BCUT2D eigenvalue weighted by Crippen LogP contribution is -2.19. The molecular weight excluding hydrogens is 340 g/mol. The zero-order valence-corrected chi connectivity index (χ0v) is 10.3. The highest BCUT2D eigenvalue weighted by Gasteiger charge is 2.33. The average molecular weight is 348 g/mol. The molecule has 4 nitrogen and oxygen atoms in total. The monoisotopic (exact) mass is 348 g/mol. The molecular formula is C8H8F3IN2O2. The SMILES string of the molecule is COc1nc(OC(F)(F)F)c(I)cc1CN. The lowest BCUT2D eigenvalue weighted by atomic mass is 10.3. The van der Waals surface area contributed by atoms with Gasteiger partial charge in [0.1, 0.15) is 0 Å². The molecule has 0 aliphatic rings. The predicted octanol–water partition coefficient (Wildman–Crippen LogP) is 2.05. The first-order valence-corrected chi connectivity index (χ1v) is 5.14. The molecule has 0 unspecified atom stereocenters. The van der Waals surface area contributed by atoms with Crippen LogP contribution in [0.5, 0.6) is 11.8 Å². The van der Waals surface area contributed by atoms with Crippen LogP contribution in [0.4, 0.5) is 13.2 Å². The Bertz CT molecular complexity index is 384. The summed E-state index contributed by atoms with van der Waals surface area (Å²) >= 11 is 1.68. The Labute approximate surface area is 103 Å². The zero-order chi connectivity index (χ0) is 12.3. The molecule has 1 rings (SSSR count). The average Bonchev–Trinajstić information content (AvgIpc) is 2.18. The highest BCUT2D eigenvalue weighted by atomic mass is 127. The summed E-state index contributed by atoms with van der Waals surface area (Å²) < 4.78 is 44.8. The fraction of sp³-hybridized carbons (Fsp3) is 0.375. The van der Waals surface area contributed by atoms with Crippen LogP contribution in [0.25, 0.3) is 0 Å². The molecule has 0 aliphatic heterocycles. The third-order valence-electron chi connectivity index (χ3n) is 1.61. The quantitative estimate of drug-likeness (QED) is 0.850. The lowest BCUT2D eigenvalue weighted by Gasteiger charge is -2.12. The van der Waals surface area contributed by atoms with Crippen molar-refractivity contribution in [1.29, 1.82) is 0 Å². The number of aromatic nitrogens is 1. The molecule has 0 aromatic carbocycles. The third kappa shape index (κ3) is 3.37. The molecule has 1 heterocycles. The van der Waals surface area contributed by atoms with Gasteiger partial charge in [-0.05, 0) is 28.7 Å². The summed E-state index contributed by atoms with van der Waals surface area (Å²) in [6.07, 6.45) is -4.78. The minimum atomic E-state index is -4.78. The number of halogens is 4. The molecule has 16 heavy (non-hydrogen) atoms. The normalized spacial score (nSPS) is 11.4. The molecule has 0 bridgehead atoms. The molecule has 0 fully saturated rings. The Morgan fingerprint density at radius 1 is 1.44 bits per heavy atom. The standard InChI is InChI=1S/C8H8F3IN2O2/c1-15-6-4(3-13)2-5(12)7(14-6)16-8(9,10)11/h2H,3,13H2,1H3. The summed E-state index contributed by atoms with van der Waals surface area (Å²) in [4.78, 5) is 3.59. The smallest absolute Gasteiger partial charge is 0.481 e. The van der Waals surface area contributed by atoms with Gasteiger partial charge in [0.15, 0.2) is 0 Å². The lowest BCUT2D eigenvalue weighted by molar-refractivity contribution is -0.276. The van der Waals surface area contributed by atoms with E-state index in [9.17, 15) is 13.2 Å². The van der Waals surface area contributed by atoms with Crippen LogP contribution >= 0.6 is 22.6 Å². The second-order valence-electron chi connectivity index (χ2n) is 2.70. The number of hydrogen-bond donors (Lipinski definition) is 1. The molecule has 2 N–H and O–H groups in total. The van der Waals surface area contributed by atoms with E-state index in [0.717, 1.165) is 0 Å². The van der Waals surface area contributed by atoms with Crippen LogP contribution in [0.2, 0.25) is 0 Å². The van der Waals surface area contributed by atoms with Crippen LogP contribution < -0.4 is 15.2 Å². The van der Waals surface area contributed by atoms with Gasteiger partial charge in [-0.3, -0.25) is 0 Å². The van der Waals surface area contributed by atoms with Crippen molar-refractivity contribution >= 4 is 22.6 Å². The van der Waals surface area contributed by atoms with E-state index >= 15 is 0 Å². The van der Waals surface area contributed by atoms with Crippen LogP contribution in [-0.4, -0.2) is 18.5 Å². The molecule has 0 aliphatic carbocycles.